The first-order chi connectivity index (χ1) is 27.2. The third-order valence-electron chi connectivity index (χ3n) is 10.8. The Balaban J connectivity index is 1.08. The van der Waals surface area contributed by atoms with Gasteiger partial charge in [0, 0.05) is 48.0 Å². The third-order valence-corrected chi connectivity index (χ3v) is 12.1. The van der Waals surface area contributed by atoms with Crippen LogP contribution in [0.3, 0.4) is 0 Å². The van der Waals surface area contributed by atoms with Crippen molar-refractivity contribution in [3.63, 3.8) is 0 Å². The molecule has 0 fully saturated rings. The zero-order valence-corrected chi connectivity index (χ0v) is 30.6. The molecule has 0 spiro atoms. The standard InChI is InChI=1S/C52H33NOS/c1-2-20-42-34(12-1)13-10-23-43(42)37-15-8-18-40(31-37)53(39-17-7-14-35(30-39)36-28-29-46-45-21-3-5-26-49(45)54-50(46)33-36)41-19-9-16-38(32-41)44-24-11-25-48-47-22-4-6-27-51(47)55-52(44)48/h1-33H. The number of rotatable bonds is 6. The molecule has 258 valence electrons. The van der Waals surface area contributed by atoms with Crippen LogP contribution in [0, 0.1) is 0 Å². The maximum atomic E-state index is 6.31. The van der Waals surface area contributed by atoms with Crippen LogP contribution in [0.1, 0.15) is 0 Å². The minimum absolute atomic E-state index is 0.895. The maximum Gasteiger partial charge on any atom is 0.136 e. The molecule has 55 heavy (non-hydrogen) atoms. The van der Waals surface area contributed by atoms with Crippen LogP contribution in [0.25, 0.3) is 86.3 Å². The highest BCUT2D eigenvalue weighted by atomic mass is 32.1. The Bertz CT molecular complexity index is 3240. The summed E-state index contributed by atoms with van der Waals surface area (Å²) < 4.78 is 8.94. The molecule has 0 saturated carbocycles. The molecule has 11 aromatic rings. The molecular formula is C52H33NOS. The van der Waals surface area contributed by atoms with Gasteiger partial charge < -0.3 is 9.32 Å². The van der Waals surface area contributed by atoms with Gasteiger partial charge in [0.15, 0.2) is 0 Å². The molecule has 0 aliphatic rings. The van der Waals surface area contributed by atoms with Gasteiger partial charge in [0.25, 0.3) is 0 Å². The van der Waals surface area contributed by atoms with Crippen LogP contribution in [-0.2, 0) is 0 Å². The monoisotopic (exact) mass is 719 g/mol. The highest BCUT2D eigenvalue weighted by molar-refractivity contribution is 7.26. The van der Waals surface area contributed by atoms with Gasteiger partial charge in [-0.05, 0) is 105 Å². The summed E-state index contributed by atoms with van der Waals surface area (Å²) in [6.45, 7) is 0. The minimum Gasteiger partial charge on any atom is -0.456 e. The summed E-state index contributed by atoms with van der Waals surface area (Å²) >= 11 is 1.87. The average Bonchev–Trinajstić information content (AvgIpc) is 3.82. The zero-order valence-electron chi connectivity index (χ0n) is 29.8. The van der Waals surface area contributed by atoms with E-state index in [9.17, 15) is 0 Å². The Morgan fingerprint density at radius 2 is 0.891 bits per heavy atom. The second-order valence-corrected chi connectivity index (χ2v) is 15.2. The van der Waals surface area contributed by atoms with E-state index >= 15 is 0 Å². The topological polar surface area (TPSA) is 16.4 Å². The second kappa shape index (κ2) is 12.9. The highest BCUT2D eigenvalue weighted by Gasteiger charge is 2.18. The molecule has 0 radical (unpaired) electrons. The quantitative estimate of drug-likeness (QED) is 0.170. The lowest BCUT2D eigenvalue weighted by molar-refractivity contribution is 0.669. The Morgan fingerprint density at radius 3 is 1.71 bits per heavy atom. The number of para-hydroxylation sites is 1. The fourth-order valence-corrected chi connectivity index (χ4v) is 9.49. The van der Waals surface area contributed by atoms with E-state index in [0.29, 0.717) is 0 Å². The van der Waals surface area contributed by atoms with Crippen LogP contribution >= 0.6 is 11.3 Å². The molecule has 0 amide bonds. The number of nitrogens with zero attached hydrogens (tertiary/aromatic N) is 1. The Morgan fingerprint density at radius 1 is 0.345 bits per heavy atom. The lowest BCUT2D eigenvalue weighted by atomic mass is 9.97. The van der Waals surface area contributed by atoms with Crippen LogP contribution < -0.4 is 4.90 Å². The third kappa shape index (κ3) is 5.40. The highest BCUT2D eigenvalue weighted by Crippen LogP contribution is 2.44. The Hall–Kier alpha value is -6.94. The van der Waals surface area contributed by atoms with Gasteiger partial charge in [0.2, 0.25) is 0 Å². The van der Waals surface area contributed by atoms with Gasteiger partial charge in [-0.1, -0.05) is 140 Å². The van der Waals surface area contributed by atoms with Gasteiger partial charge in [-0.15, -0.1) is 11.3 Å². The molecule has 11 rings (SSSR count). The normalized spacial score (nSPS) is 11.6. The van der Waals surface area contributed by atoms with E-state index in [4.69, 9.17) is 4.42 Å². The number of hydrogen-bond acceptors (Lipinski definition) is 3. The number of thiophene rings is 1. The largest absolute Gasteiger partial charge is 0.456 e. The van der Waals surface area contributed by atoms with Crippen molar-refractivity contribution in [3.05, 3.63) is 200 Å². The summed E-state index contributed by atoms with van der Waals surface area (Å²) in [5.74, 6) is 0. The Kier molecular flexibility index (Phi) is 7.39. The van der Waals surface area contributed by atoms with E-state index in [1.165, 1.54) is 53.2 Å². The Labute approximate surface area is 322 Å². The van der Waals surface area contributed by atoms with Crippen molar-refractivity contribution >= 4 is 81.3 Å². The van der Waals surface area contributed by atoms with Crippen LogP contribution in [0.15, 0.2) is 205 Å². The number of anilines is 3. The van der Waals surface area contributed by atoms with E-state index < -0.39 is 0 Å². The molecule has 2 nitrogen and oxygen atoms in total. The van der Waals surface area contributed by atoms with Gasteiger partial charge in [-0.3, -0.25) is 0 Å². The molecule has 0 atom stereocenters. The van der Waals surface area contributed by atoms with E-state index in [1.54, 1.807) is 0 Å². The van der Waals surface area contributed by atoms with Gasteiger partial charge in [-0.25, -0.2) is 0 Å². The van der Waals surface area contributed by atoms with Crippen LogP contribution in [-0.4, -0.2) is 0 Å². The smallest absolute Gasteiger partial charge is 0.136 e. The fourth-order valence-electron chi connectivity index (χ4n) is 8.25. The van der Waals surface area contributed by atoms with E-state index in [2.05, 4.69) is 193 Å². The first-order valence-corrected chi connectivity index (χ1v) is 19.5. The summed E-state index contributed by atoms with van der Waals surface area (Å²) in [6, 6.07) is 72.3. The van der Waals surface area contributed by atoms with E-state index in [0.717, 1.165) is 50.1 Å². The van der Waals surface area contributed by atoms with Crippen LogP contribution in [0.4, 0.5) is 17.1 Å². The maximum absolute atomic E-state index is 6.31. The van der Waals surface area contributed by atoms with Gasteiger partial charge in [0.05, 0.1) is 0 Å². The summed E-state index contributed by atoms with van der Waals surface area (Å²) in [4.78, 5) is 2.40. The minimum atomic E-state index is 0.895. The van der Waals surface area contributed by atoms with Gasteiger partial charge in [0.1, 0.15) is 11.2 Å². The number of furan rings is 1. The van der Waals surface area contributed by atoms with E-state index in [-0.39, 0.29) is 0 Å². The first-order valence-electron chi connectivity index (χ1n) is 18.7. The van der Waals surface area contributed by atoms with Crippen LogP contribution in [0.5, 0.6) is 0 Å². The van der Waals surface area contributed by atoms with Crippen molar-refractivity contribution in [1.29, 1.82) is 0 Å². The lowest BCUT2D eigenvalue weighted by Gasteiger charge is -2.27. The van der Waals surface area contributed by atoms with Crippen molar-refractivity contribution < 1.29 is 4.42 Å². The van der Waals surface area contributed by atoms with Crippen molar-refractivity contribution in [2.24, 2.45) is 0 Å². The molecule has 9 aromatic carbocycles. The summed E-state index contributed by atoms with van der Waals surface area (Å²) in [5.41, 5.74) is 12.1. The van der Waals surface area contributed by atoms with Gasteiger partial charge >= 0.3 is 0 Å². The molecule has 3 heteroatoms. The SMILES string of the molecule is c1cc(-c2ccc3c(c2)oc2ccccc23)cc(N(c2cccc(-c3cccc4ccccc34)c2)c2cccc(-c3cccc4c3sc3ccccc34)c2)c1. The molecule has 0 aliphatic heterocycles. The molecular weight excluding hydrogens is 687 g/mol. The average molecular weight is 720 g/mol. The zero-order chi connectivity index (χ0) is 36.3. The predicted molar refractivity (Wildman–Crippen MR) is 235 cm³/mol. The molecule has 0 bridgehead atoms. The first kappa shape index (κ1) is 31.6. The fraction of sp³-hybridized carbons (Fsp3) is 0. The van der Waals surface area contributed by atoms with Crippen molar-refractivity contribution in [2.75, 3.05) is 4.90 Å². The molecule has 0 aliphatic carbocycles. The number of benzene rings is 9. The van der Waals surface area contributed by atoms with Crippen molar-refractivity contribution in [2.45, 2.75) is 0 Å². The van der Waals surface area contributed by atoms with Crippen LogP contribution in [0.2, 0.25) is 0 Å². The summed E-state index contributed by atoms with van der Waals surface area (Å²) in [5, 5.41) is 7.37. The number of hydrogen-bond donors (Lipinski definition) is 0. The molecule has 0 unspecified atom stereocenters. The van der Waals surface area contributed by atoms with Crippen molar-refractivity contribution in [1.82, 2.24) is 0 Å². The predicted octanol–water partition coefficient (Wildman–Crippen LogP) is 15.6. The lowest BCUT2D eigenvalue weighted by Crippen LogP contribution is -2.10. The summed E-state index contributed by atoms with van der Waals surface area (Å²) in [7, 11) is 0. The summed E-state index contributed by atoms with van der Waals surface area (Å²) in [6.07, 6.45) is 0. The second-order valence-electron chi connectivity index (χ2n) is 14.1. The molecule has 2 heterocycles. The van der Waals surface area contributed by atoms with Gasteiger partial charge in [-0.2, -0.15) is 0 Å². The molecule has 0 N–H and O–H groups in total. The van der Waals surface area contributed by atoms with E-state index in [1.807, 2.05) is 23.5 Å². The molecule has 0 saturated heterocycles. The van der Waals surface area contributed by atoms with Crippen molar-refractivity contribution in [3.8, 4) is 33.4 Å². The number of fused-ring (bicyclic) bond motifs is 7. The molecule has 2 aromatic heterocycles.